The van der Waals surface area contributed by atoms with Crippen LogP contribution in [0.2, 0.25) is 0 Å². The van der Waals surface area contributed by atoms with Gasteiger partial charge in [-0.25, -0.2) is 0 Å². The lowest BCUT2D eigenvalue weighted by Gasteiger charge is -2.57. The Bertz CT molecular complexity index is 955. The summed E-state index contributed by atoms with van der Waals surface area (Å²) >= 11 is 0. The molecule has 4 aliphatic carbocycles. The van der Waals surface area contributed by atoms with E-state index in [1.165, 1.54) is 45.3 Å². The fourth-order valence-electron chi connectivity index (χ4n) is 8.94. The van der Waals surface area contributed by atoms with Crippen LogP contribution in [0.1, 0.15) is 50.5 Å². The Labute approximate surface area is 191 Å². The van der Waals surface area contributed by atoms with Crippen LogP contribution in [0.4, 0.5) is 5.82 Å². The van der Waals surface area contributed by atoms with E-state index in [1.54, 1.807) is 19.3 Å². The highest BCUT2D eigenvalue weighted by Crippen LogP contribution is 2.60. The van der Waals surface area contributed by atoms with Crippen molar-refractivity contribution in [2.24, 2.45) is 36.1 Å². The maximum Gasteiger partial charge on any atom is 0.151 e. The van der Waals surface area contributed by atoms with Crippen molar-refractivity contribution in [3.05, 3.63) is 23.9 Å². The first-order valence-electron chi connectivity index (χ1n) is 12.9. The Morgan fingerprint density at radius 1 is 1.00 bits per heavy atom. The summed E-state index contributed by atoms with van der Waals surface area (Å²) in [5.74, 6) is 5.01. The second kappa shape index (κ2) is 7.02. The van der Waals surface area contributed by atoms with E-state index in [2.05, 4.69) is 44.2 Å². The number of likely N-dealkylation sites (tertiary alicyclic amines) is 1. The monoisotopic (exact) mass is 432 g/mol. The van der Waals surface area contributed by atoms with Gasteiger partial charge >= 0.3 is 0 Å². The zero-order valence-electron chi connectivity index (χ0n) is 19.6. The van der Waals surface area contributed by atoms with Crippen molar-refractivity contribution in [1.82, 2.24) is 24.9 Å². The Kier molecular flexibility index (Phi) is 4.28. The summed E-state index contributed by atoms with van der Waals surface area (Å²) in [6.45, 7) is 7.08. The fraction of sp³-hybridized carbons (Fsp3) is 0.731. The highest BCUT2D eigenvalue weighted by atomic mass is 15.3. The summed E-state index contributed by atoms with van der Waals surface area (Å²) in [6.07, 6.45) is 12.4. The Balaban J connectivity index is 1.06. The molecule has 6 heteroatoms. The lowest BCUT2D eigenvalue weighted by atomic mass is 9.49. The van der Waals surface area contributed by atoms with Gasteiger partial charge in [0.2, 0.25) is 0 Å². The van der Waals surface area contributed by atoms with Gasteiger partial charge in [0, 0.05) is 39.3 Å². The van der Waals surface area contributed by atoms with Crippen molar-refractivity contribution < 1.29 is 0 Å². The van der Waals surface area contributed by atoms with Crippen LogP contribution < -0.4 is 4.90 Å². The largest absolute Gasteiger partial charge is 0.351 e. The third kappa shape index (κ3) is 3.05. The third-order valence-electron chi connectivity index (χ3n) is 9.66. The van der Waals surface area contributed by atoms with Gasteiger partial charge in [-0.05, 0) is 98.7 Å². The molecule has 4 bridgehead atoms. The normalized spacial score (nSPS) is 38.1. The van der Waals surface area contributed by atoms with Crippen LogP contribution in [-0.4, -0.2) is 57.1 Å². The van der Waals surface area contributed by atoms with Crippen LogP contribution in [0, 0.1) is 36.0 Å². The molecule has 6 fully saturated rings. The molecule has 2 aromatic rings. The lowest BCUT2D eigenvalue weighted by Crippen LogP contribution is -2.51. The van der Waals surface area contributed by atoms with E-state index >= 15 is 0 Å². The molecule has 6 nitrogen and oxygen atoms in total. The van der Waals surface area contributed by atoms with Gasteiger partial charge in [0.1, 0.15) is 5.69 Å². The summed E-state index contributed by atoms with van der Waals surface area (Å²) in [5, 5.41) is 13.6. The molecule has 2 aliphatic heterocycles. The van der Waals surface area contributed by atoms with Gasteiger partial charge in [0.25, 0.3) is 0 Å². The lowest BCUT2D eigenvalue weighted by molar-refractivity contribution is -0.0670. The minimum absolute atomic E-state index is 0.613. The van der Waals surface area contributed by atoms with E-state index < -0.39 is 0 Å². The summed E-state index contributed by atoms with van der Waals surface area (Å²) < 4.78 is 1.89. The predicted octanol–water partition coefficient (Wildman–Crippen LogP) is 3.91. The molecule has 8 rings (SSSR count). The Morgan fingerprint density at radius 3 is 2.38 bits per heavy atom. The SMILES string of the molecule is Cc1cnn(C)c1-c1ccc(N2CC[C@H]3CN(CC45CC6CC(CC(C6)C4)C5)C[C@H]32)nn1. The van der Waals surface area contributed by atoms with Crippen molar-refractivity contribution in [2.45, 2.75) is 57.9 Å². The van der Waals surface area contributed by atoms with Gasteiger partial charge in [-0.2, -0.15) is 5.10 Å². The fourth-order valence-corrected chi connectivity index (χ4v) is 8.94. The molecule has 0 amide bonds. The molecule has 32 heavy (non-hydrogen) atoms. The molecule has 0 spiro atoms. The molecule has 170 valence electrons. The van der Waals surface area contributed by atoms with Crippen LogP contribution in [0.5, 0.6) is 0 Å². The quantitative estimate of drug-likeness (QED) is 0.733. The van der Waals surface area contributed by atoms with Crippen LogP contribution >= 0.6 is 0 Å². The van der Waals surface area contributed by atoms with E-state index in [4.69, 9.17) is 0 Å². The number of nitrogens with zero attached hydrogens (tertiary/aromatic N) is 6. The molecule has 2 atom stereocenters. The predicted molar refractivity (Wildman–Crippen MR) is 125 cm³/mol. The van der Waals surface area contributed by atoms with Crippen LogP contribution in [0.25, 0.3) is 11.4 Å². The summed E-state index contributed by atoms with van der Waals surface area (Å²) in [5.41, 5.74) is 3.77. The van der Waals surface area contributed by atoms with Crippen molar-refractivity contribution >= 4 is 5.82 Å². The van der Waals surface area contributed by atoms with E-state index in [9.17, 15) is 0 Å². The van der Waals surface area contributed by atoms with Gasteiger partial charge < -0.3 is 9.80 Å². The van der Waals surface area contributed by atoms with Gasteiger partial charge in [-0.15, -0.1) is 10.2 Å². The zero-order valence-corrected chi connectivity index (χ0v) is 19.6. The average molecular weight is 433 g/mol. The zero-order chi connectivity index (χ0) is 21.4. The molecule has 6 aliphatic rings. The summed E-state index contributed by atoms with van der Waals surface area (Å²) in [6, 6.07) is 4.92. The first-order valence-corrected chi connectivity index (χ1v) is 12.9. The molecular weight excluding hydrogens is 396 g/mol. The molecule has 2 aromatic heterocycles. The number of fused-ring (bicyclic) bond motifs is 1. The van der Waals surface area contributed by atoms with Crippen molar-refractivity contribution in [1.29, 1.82) is 0 Å². The topological polar surface area (TPSA) is 50.1 Å². The van der Waals surface area contributed by atoms with Crippen LogP contribution in [-0.2, 0) is 7.05 Å². The summed E-state index contributed by atoms with van der Waals surface area (Å²) in [7, 11) is 1.97. The van der Waals surface area contributed by atoms with Crippen LogP contribution in [0.3, 0.4) is 0 Å². The average Bonchev–Trinajstić information content (AvgIpc) is 3.41. The molecule has 0 N–H and O–H groups in total. The summed E-state index contributed by atoms with van der Waals surface area (Å²) in [4.78, 5) is 5.40. The van der Waals surface area contributed by atoms with Crippen LogP contribution in [0.15, 0.2) is 18.3 Å². The molecule has 4 heterocycles. The smallest absolute Gasteiger partial charge is 0.151 e. The van der Waals surface area contributed by atoms with Gasteiger partial charge in [-0.1, -0.05) is 0 Å². The molecule has 0 radical (unpaired) electrons. The third-order valence-corrected chi connectivity index (χ3v) is 9.66. The first kappa shape index (κ1) is 19.5. The molecule has 4 saturated carbocycles. The first-order chi connectivity index (χ1) is 15.6. The number of hydrogen-bond donors (Lipinski definition) is 0. The highest BCUT2D eigenvalue weighted by Gasteiger charge is 2.52. The minimum Gasteiger partial charge on any atom is -0.351 e. The molecular formula is C26H36N6. The number of aromatic nitrogens is 4. The maximum absolute atomic E-state index is 4.68. The van der Waals surface area contributed by atoms with E-state index in [0.29, 0.717) is 11.5 Å². The van der Waals surface area contributed by atoms with Crippen molar-refractivity contribution in [3.8, 4) is 11.4 Å². The number of rotatable bonds is 4. The number of anilines is 1. The van der Waals surface area contributed by atoms with Crippen molar-refractivity contribution in [2.75, 3.05) is 31.1 Å². The number of hydrogen-bond acceptors (Lipinski definition) is 5. The highest BCUT2D eigenvalue weighted by molar-refractivity contribution is 5.59. The van der Waals surface area contributed by atoms with E-state index in [-0.39, 0.29) is 0 Å². The Morgan fingerprint density at radius 2 is 1.75 bits per heavy atom. The second-order valence-electron chi connectivity index (χ2n) is 12.0. The standard InChI is InChI=1S/C26H36N6/c1-17-13-27-30(2)25(17)22-3-4-24(29-28-22)32-6-5-21-14-31(15-23(21)32)16-26-10-18-7-19(11-26)9-20(8-18)12-26/h3-4,13,18-21,23H,5-12,14-16H2,1-2H3/t18?,19?,20?,21-,23+,26?/m0/s1. The Hall–Kier alpha value is -1.95. The second-order valence-corrected chi connectivity index (χ2v) is 12.0. The maximum atomic E-state index is 4.68. The molecule has 2 saturated heterocycles. The number of aryl methyl sites for hydroxylation is 2. The van der Waals surface area contributed by atoms with Gasteiger partial charge in [0.05, 0.1) is 11.9 Å². The van der Waals surface area contributed by atoms with E-state index in [0.717, 1.165) is 53.0 Å². The van der Waals surface area contributed by atoms with E-state index in [1.807, 2.05) is 17.9 Å². The van der Waals surface area contributed by atoms with Gasteiger partial charge in [0.15, 0.2) is 5.82 Å². The minimum atomic E-state index is 0.613. The van der Waals surface area contributed by atoms with Crippen molar-refractivity contribution in [3.63, 3.8) is 0 Å². The molecule has 0 aromatic carbocycles. The molecule has 0 unspecified atom stereocenters. The van der Waals surface area contributed by atoms with Gasteiger partial charge in [-0.3, -0.25) is 4.68 Å².